The van der Waals surface area contributed by atoms with Crippen LogP contribution >= 0.6 is 11.3 Å². The second-order valence-corrected chi connectivity index (χ2v) is 10.2. The number of rotatable bonds is 8. The molecule has 1 aliphatic heterocycles. The van der Waals surface area contributed by atoms with Crippen LogP contribution in [-0.2, 0) is 11.2 Å². The molecule has 0 bridgehead atoms. The number of nitrogens with one attached hydrogen (secondary N) is 1. The van der Waals surface area contributed by atoms with Crippen molar-refractivity contribution in [3.05, 3.63) is 93.7 Å². The lowest BCUT2D eigenvalue weighted by molar-refractivity contribution is -0.135. The molecule has 188 valence electrons. The average Bonchev–Trinajstić information content (AvgIpc) is 3.33. The highest BCUT2D eigenvalue weighted by molar-refractivity contribution is 7.10. The second-order valence-electron chi connectivity index (χ2n) is 9.20. The highest BCUT2D eigenvalue weighted by atomic mass is 32.1. The van der Waals surface area contributed by atoms with Gasteiger partial charge in [0.15, 0.2) is 0 Å². The van der Waals surface area contributed by atoms with Crippen LogP contribution in [0.3, 0.4) is 0 Å². The van der Waals surface area contributed by atoms with Gasteiger partial charge < -0.3 is 19.9 Å². The second kappa shape index (κ2) is 11.4. The molecule has 3 amide bonds. The molecular formula is C29H33N3O3S. The average molecular weight is 504 g/mol. The largest absolute Gasteiger partial charge is 0.491 e. The molecule has 0 aliphatic carbocycles. The van der Waals surface area contributed by atoms with Crippen LogP contribution in [0.25, 0.3) is 0 Å². The van der Waals surface area contributed by atoms with E-state index < -0.39 is 0 Å². The molecule has 6 nitrogen and oxygen atoms in total. The van der Waals surface area contributed by atoms with Crippen molar-refractivity contribution in [1.82, 2.24) is 9.80 Å². The Kier molecular flexibility index (Phi) is 8.10. The predicted molar refractivity (Wildman–Crippen MR) is 146 cm³/mol. The summed E-state index contributed by atoms with van der Waals surface area (Å²) in [5, 5.41) is 4.96. The number of urea groups is 1. The Morgan fingerprint density at radius 1 is 1.14 bits per heavy atom. The van der Waals surface area contributed by atoms with Gasteiger partial charge in [-0.1, -0.05) is 41.5 Å². The van der Waals surface area contributed by atoms with Gasteiger partial charge in [0, 0.05) is 23.7 Å². The fourth-order valence-corrected chi connectivity index (χ4v) is 5.40. The van der Waals surface area contributed by atoms with Crippen LogP contribution in [0.1, 0.15) is 33.2 Å². The highest BCUT2D eigenvalue weighted by Gasteiger charge is 2.33. The number of hydrogen-bond donors (Lipinski definition) is 1. The maximum Gasteiger partial charge on any atom is 0.322 e. The van der Waals surface area contributed by atoms with Crippen molar-refractivity contribution in [3.63, 3.8) is 0 Å². The van der Waals surface area contributed by atoms with E-state index in [1.165, 1.54) is 15.3 Å². The van der Waals surface area contributed by atoms with E-state index in [0.29, 0.717) is 18.8 Å². The predicted octanol–water partition coefficient (Wildman–Crippen LogP) is 5.90. The summed E-state index contributed by atoms with van der Waals surface area (Å²) in [5.41, 5.74) is 5.18. The molecule has 1 aromatic heterocycles. The topological polar surface area (TPSA) is 61.9 Å². The van der Waals surface area contributed by atoms with Crippen molar-refractivity contribution in [2.45, 2.75) is 33.2 Å². The fourth-order valence-electron chi connectivity index (χ4n) is 4.47. The van der Waals surface area contributed by atoms with Gasteiger partial charge in [-0.2, -0.15) is 0 Å². The van der Waals surface area contributed by atoms with Crippen molar-refractivity contribution >= 4 is 29.0 Å². The molecule has 3 aromatic rings. The van der Waals surface area contributed by atoms with Gasteiger partial charge in [0.25, 0.3) is 0 Å². The first-order valence-electron chi connectivity index (χ1n) is 12.1. The molecule has 0 saturated carbocycles. The number of amides is 3. The van der Waals surface area contributed by atoms with Crippen LogP contribution in [0.4, 0.5) is 10.5 Å². The van der Waals surface area contributed by atoms with Crippen LogP contribution in [0.15, 0.2) is 66.6 Å². The third-order valence-electron chi connectivity index (χ3n) is 6.41. The van der Waals surface area contributed by atoms with Crippen molar-refractivity contribution < 1.29 is 14.3 Å². The van der Waals surface area contributed by atoms with Gasteiger partial charge in [0.05, 0.1) is 6.04 Å². The first kappa shape index (κ1) is 25.5. The summed E-state index contributed by atoms with van der Waals surface area (Å²) in [6, 6.07) is 15.2. The number of ether oxygens (including phenoxy) is 1. The van der Waals surface area contributed by atoms with Crippen LogP contribution in [0.2, 0.25) is 0 Å². The minimum absolute atomic E-state index is 0.0384. The standard InChI is InChI=1S/C29H33N3O3S/c1-5-14-31(29(34)30-23-9-6-20(2)7-10-23)18-28(33)32-15-12-27-24(13-16-36-27)25(32)19-35-26-11-8-21(3)17-22(26)4/h5-11,13,16-17,25H,1,12,14-15,18-19H2,2-4H3,(H,30,34)/t25-/m0/s1. The lowest BCUT2D eigenvalue weighted by Gasteiger charge is -2.37. The Labute approximate surface area is 217 Å². The van der Waals surface area contributed by atoms with Crippen molar-refractivity contribution in [2.24, 2.45) is 0 Å². The Morgan fingerprint density at radius 2 is 1.89 bits per heavy atom. The van der Waals surface area contributed by atoms with Crippen LogP contribution in [0.5, 0.6) is 5.75 Å². The summed E-state index contributed by atoms with van der Waals surface area (Å²) < 4.78 is 6.23. The molecule has 1 aliphatic rings. The number of fused-ring (bicyclic) bond motifs is 1. The number of thiophene rings is 1. The van der Waals surface area contributed by atoms with Gasteiger partial charge in [-0.3, -0.25) is 4.79 Å². The zero-order valence-corrected chi connectivity index (χ0v) is 21.9. The van der Waals surface area contributed by atoms with E-state index in [-0.39, 0.29) is 31.1 Å². The highest BCUT2D eigenvalue weighted by Crippen LogP contribution is 2.34. The molecule has 4 rings (SSSR count). The number of hydrogen-bond acceptors (Lipinski definition) is 4. The van der Waals surface area contributed by atoms with Crippen molar-refractivity contribution in [2.75, 3.05) is 31.6 Å². The number of benzene rings is 2. The first-order valence-corrected chi connectivity index (χ1v) is 13.0. The van der Waals surface area contributed by atoms with E-state index in [9.17, 15) is 9.59 Å². The molecule has 1 atom stereocenters. The van der Waals surface area contributed by atoms with Gasteiger partial charge in [-0.25, -0.2) is 4.79 Å². The molecule has 0 spiro atoms. The van der Waals surface area contributed by atoms with Crippen LogP contribution in [-0.4, -0.2) is 48.0 Å². The molecule has 7 heteroatoms. The number of nitrogens with zero attached hydrogens (tertiary/aromatic N) is 2. The summed E-state index contributed by atoms with van der Waals surface area (Å²) in [6.07, 6.45) is 2.44. The van der Waals surface area contributed by atoms with E-state index in [4.69, 9.17) is 4.74 Å². The Morgan fingerprint density at radius 3 is 2.61 bits per heavy atom. The summed E-state index contributed by atoms with van der Waals surface area (Å²) >= 11 is 1.72. The lowest BCUT2D eigenvalue weighted by atomic mass is 10.0. The number of aryl methyl sites for hydroxylation is 3. The number of carbonyl (C=O) groups excluding carboxylic acids is 2. The monoisotopic (exact) mass is 503 g/mol. The molecule has 2 aromatic carbocycles. The SMILES string of the molecule is C=CCN(CC(=O)N1CCc2sccc2[C@@H]1COc1ccc(C)cc1C)C(=O)Nc1ccc(C)cc1. The summed E-state index contributed by atoms with van der Waals surface area (Å²) in [4.78, 5) is 31.2. The van der Waals surface area contributed by atoms with E-state index in [0.717, 1.165) is 28.9 Å². The van der Waals surface area contributed by atoms with E-state index >= 15 is 0 Å². The van der Waals surface area contributed by atoms with Crippen LogP contribution < -0.4 is 10.1 Å². The smallest absolute Gasteiger partial charge is 0.322 e. The molecule has 36 heavy (non-hydrogen) atoms. The van der Waals surface area contributed by atoms with Gasteiger partial charge in [0.1, 0.15) is 18.9 Å². The maximum absolute atomic E-state index is 13.6. The minimum atomic E-state index is -0.330. The molecule has 0 saturated heterocycles. The van der Waals surface area contributed by atoms with E-state index in [2.05, 4.69) is 36.3 Å². The summed E-state index contributed by atoms with van der Waals surface area (Å²) in [5.74, 6) is 0.711. The van der Waals surface area contributed by atoms with Gasteiger partial charge in [-0.05, 0) is 68.0 Å². The van der Waals surface area contributed by atoms with Crippen LogP contribution in [0, 0.1) is 20.8 Å². The van der Waals surface area contributed by atoms with Gasteiger partial charge >= 0.3 is 6.03 Å². The third kappa shape index (κ3) is 5.97. The summed E-state index contributed by atoms with van der Waals surface area (Å²) in [6.45, 7) is 11.0. The molecule has 0 fully saturated rings. The molecular weight excluding hydrogens is 470 g/mol. The molecule has 1 N–H and O–H groups in total. The molecule has 2 heterocycles. The number of carbonyl (C=O) groups is 2. The van der Waals surface area contributed by atoms with Crippen molar-refractivity contribution in [3.8, 4) is 5.75 Å². The third-order valence-corrected chi connectivity index (χ3v) is 7.40. The molecule has 0 radical (unpaired) electrons. The lowest BCUT2D eigenvalue weighted by Crippen LogP contribution is -2.48. The first-order chi connectivity index (χ1) is 17.4. The molecule has 0 unspecified atom stereocenters. The quantitative estimate of drug-likeness (QED) is 0.390. The van der Waals surface area contributed by atoms with E-state index in [1.807, 2.05) is 55.1 Å². The fraction of sp³-hybridized carbons (Fsp3) is 0.310. The zero-order chi connectivity index (χ0) is 25.7. The normalized spacial score (nSPS) is 14.6. The summed E-state index contributed by atoms with van der Waals surface area (Å²) in [7, 11) is 0. The Hall–Kier alpha value is -3.58. The Bertz CT molecular complexity index is 1230. The minimum Gasteiger partial charge on any atom is -0.491 e. The van der Waals surface area contributed by atoms with Gasteiger partial charge in [0.2, 0.25) is 5.91 Å². The zero-order valence-electron chi connectivity index (χ0n) is 21.1. The van der Waals surface area contributed by atoms with E-state index in [1.54, 1.807) is 17.4 Å². The van der Waals surface area contributed by atoms with Gasteiger partial charge in [-0.15, -0.1) is 17.9 Å². The van der Waals surface area contributed by atoms with Crippen molar-refractivity contribution in [1.29, 1.82) is 0 Å². The Balaban J connectivity index is 1.49. The number of anilines is 1. The maximum atomic E-state index is 13.6.